The minimum Gasteiger partial charge on any atom is -0.464 e. The van der Waals surface area contributed by atoms with Crippen molar-refractivity contribution in [1.29, 1.82) is 0 Å². The molecule has 0 amide bonds. The zero-order chi connectivity index (χ0) is 18.7. The van der Waals surface area contributed by atoms with Gasteiger partial charge >= 0.3 is 5.97 Å². The standard InChI is InChI=1S/C17H21N3O4S2/c1-3-12-4-6-13(7-5-12)14-10-18-8-9-20(14)26(22,23)15-11-25-19-16(15)17(21)24-2/h4-7,11,14,18H,3,8-10H2,1-2H3. The maximum atomic E-state index is 13.3. The van der Waals surface area contributed by atoms with Crippen molar-refractivity contribution >= 4 is 27.5 Å². The number of esters is 1. The van der Waals surface area contributed by atoms with Crippen molar-refractivity contribution in [3.8, 4) is 0 Å². The van der Waals surface area contributed by atoms with E-state index in [0.29, 0.717) is 19.6 Å². The molecule has 1 atom stereocenters. The number of ether oxygens (including phenoxy) is 1. The van der Waals surface area contributed by atoms with Crippen LogP contribution in [-0.2, 0) is 21.2 Å². The van der Waals surface area contributed by atoms with E-state index in [0.717, 1.165) is 23.5 Å². The molecule has 1 aromatic carbocycles. The van der Waals surface area contributed by atoms with Gasteiger partial charge in [0.05, 0.1) is 13.2 Å². The number of benzene rings is 1. The summed E-state index contributed by atoms with van der Waals surface area (Å²) in [6.45, 7) is 3.45. The average molecular weight is 396 g/mol. The summed E-state index contributed by atoms with van der Waals surface area (Å²) in [6.07, 6.45) is 0.925. The van der Waals surface area contributed by atoms with Gasteiger partial charge in [0.15, 0.2) is 5.69 Å². The van der Waals surface area contributed by atoms with E-state index in [1.54, 1.807) is 0 Å². The second-order valence-electron chi connectivity index (χ2n) is 5.95. The molecule has 3 rings (SSSR count). The first-order valence-corrected chi connectivity index (χ1v) is 10.6. The van der Waals surface area contributed by atoms with Crippen LogP contribution < -0.4 is 5.32 Å². The van der Waals surface area contributed by atoms with Crippen LogP contribution in [0.2, 0.25) is 0 Å². The summed E-state index contributed by atoms with van der Waals surface area (Å²) in [7, 11) is -2.67. The number of rotatable bonds is 5. The molecule has 1 aliphatic rings. The molecular weight excluding hydrogens is 374 g/mol. The Labute approximate surface area is 157 Å². The molecule has 1 N–H and O–H groups in total. The third kappa shape index (κ3) is 3.52. The maximum absolute atomic E-state index is 13.3. The molecule has 0 spiro atoms. The first-order valence-electron chi connectivity index (χ1n) is 8.33. The number of hydrogen-bond donors (Lipinski definition) is 1. The summed E-state index contributed by atoms with van der Waals surface area (Å²) in [5.41, 5.74) is 1.96. The van der Waals surface area contributed by atoms with Gasteiger partial charge < -0.3 is 10.1 Å². The molecule has 0 bridgehead atoms. The Bertz CT molecular complexity index is 878. The summed E-state index contributed by atoms with van der Waals surface area (Å²) in [5.74, 6) is -0.746. The fourth-order valence-electron chi connectivity index (χ4n) is 3.00. The van der Waals surface area contributed by atoms with Crippen LogP contribution in [0.4, 0.5) is 0 Å². The Kier molecular flexibility index (Phi) is 5.71. The number of nitrogens with zero attached hydrogens (tertiary/aromatic N) is 2. The van der Waals surface area contributed by atoms with E-state index in [4.69, 9.17) is 0 Å². The number of aromatic nitrogens is 1. The lowest BCUT2D eigenvalue weighted by molar-refractivity contribution is 0.0590. The molecule has 140 valence electrons. The summed E-state index contributed by atoms with van der Waals surface area (Å²) >= 11 is 0.930. The average Bonchev–Trinajstić information content (AvgIpc) is 3.18. The molecule has 1 fully saturated rings. The van der Waals surface area contributed by atoms with Gasteiger partial charge in [-0.05, 0) is 29.1 Å². The summed E-state index contributed by atoms with van der Waals surface area (Å²) < 4.78 is 36.5. The number of sulfonamides is 1. The van der Waals surface area contributed by atoms with Crippen molar-refractivity contribution < 1.29 is 17.9 Å². The monoisotopic (exact) mass is 395 g/mol. The lowest BCUT2D eigenvalue weighted by Crippen LogP contribution is -2.48. The van der Waals surface area contributed by atoms with E-state index in [-0.39, 0.29) is 16.6 Å². The fraction of sp³-hybridized carbons (Fsp3) is 0.412. The van der Waals surface area contributed by atoms with Gasteiger partial charge in [0, 0.05) is 25.0 Å². The topological polar surface area (TPSA) is 88.6 Å². The number of nitrogens with one attached hydrogen (secondary N) is 1. The zero-order valence-corrected chi connectivity index (χ0v) is 16.3. The lowest BCUT2D eigenvalue weighted by atomic mass is 10.0. The van der Waals surface area contributed by atoms with Gasteiger partial charge in [0.1, 0.15) is 4.90 Å². The highest BCUT2D eigenvalue weighted by atomic mass is 32.2. The number of aryl methyl sites for hydroxylation is 1. The third-order valence-corrected chi connectivity index (χ3v) is 7.17. The van der Waals surface area contributed by atoms with Crippen LogP contribution in [0.15, 0.2) is 34.5 Å². The maximum Gasteiger partial charge on any atom is 0.359 e. The molecule has 1 aliphatic heterocycles. The first-order chi connectivity index (χ1) is 12.5. The smallest absolute Gasteiger partial charge is 0.359 e. The van der Waals surface area contributed by atoms with Crippen molar-refractivity contribution in [2.75, 3.05) is 26.7 Å². The number of methoxy groups -OCH3 is 1. The molecule has 9 heteroatoms. The highest BCUT2D eigenvalue weighted by Gasteiger charge is 2.37. The van der Waals surface area contributed by atoms with Crippen LogP contribution in [0.5, 0.6) is 0 Å². The molecule has 2 heterocycles. The van der Waals surface area contributed by atoms with Gasteiger partial charge in [0.2, 0.25) is 10.0 Å². The predicted octanol–water partition coefficient (Wildman–Crippen LogP) is 1.83. The van der Waals surface area contributed by atoms with Crippen molar-refractivity contribution in [2.24, 2.45) is 0 Å². The Morgan fingerprint density at radius 3 is 2.77 bits per heavy atom. The van der Waals surface area contributed by atoms with E-state index in [9.17, 15) is 13.2 Å². The molecule has 2 aromatic rings. The Morgan fingerprint density at radius 1 is 1.38 bits per heavy atom. The first kappa shape index (κ1) is 19.0. The van der Waals surface area contributed by atoms with Crippen molar-refractivity contribution in [3.63, 3.8) is 0 Å². The minimum absolute atomic E-state index is 0.0913. The van der Waals surface area contributed by atoms with Gasteiger partial charge in [-0.2, -0.15) is 8.68 Å². The van der Waals surface area contributed by atoms with Gasteiger partial charge in [-0.1, -0.05) is 31.2 Å². The number of hydrogen-bond acceptors (Lipinski definition) is 7. The SMILES string of the molecule is CCc1ccc(C2CNCCN2S(=O)(=O)c2csnc2C(=O)OC)cc1. The van der Waals surface area contributed by atoms with Crippen LogP contribution >= 0.6 is 11.5 Å². The number of carbonyl (C=O) groups is 1. The Morgan fingerprint density at radius 2 is 2.12 bits per heavy atom. The lowest BCUT2D eigenvalue weighted by Gasteiger charge is -2.35. The van der Waals surface area contributed by atoms with Crippen LogP contribution in [-0.4, -0.2) is 49.8 Å². The second-order valence-corrected chi connectivity index (χ2v) is 8.44. The second kappa shape index (κ2) is 7.83. The summed E-state index contributed by atoms with van der Waals surface area (Å²) in [5, 5.41) is 4.64. The van der Waals surface area contributed by atoms with E-state index >= 15 is 0 Å². The highest BCUT2D eigenvalue weighted by Crippen LogP contribution is 2.31. The summed E-state index contributed by atoms with van der Waals surface area (Å²) in [4.78, 5) is 11.8. The molecule has 0 saturated carbocycles. The van der Waals surface area contributed by atoms with Crippen LogP contribution in [0.1, 0.15) is 34.6 Å². The molecule has 1 saturated heterocycles. The largest absolute Gasteiger partial charge is 0.464 e. The molecule has 1 unspecified atom stereocenters. The predicted molar refractivity (Wildman–Crippen MR) is 98.8 cm³/mol. The van der Waals surface area contributed by atoms with Crippen LogP contribution in [0, 0.1) is 0 Å². The molecule has 1 aromatic heterocycles. The fourth-order valence-corrected chi connectivity index (χ4v) is 5.71. The van der Waals surface area contributed by atoms with E-state index in [1.807, 2.05) is 24.3 Å². The summed E-state index contributed by atoms with van der Waals surface area (Å²) in [6, 6.07) is 7.62. The zero-order valence-electron chi connectivity index (χ0n) is 14.6. The minimum atomic E-state index is -3.88. The van der Waals surface area contributed by atoms with E-state index in [1.165, 1.54) is 22.4 Å². The Balaban J connectivity index is 1.98. The number of carbonyl (C=O) groups excluding carboxylic acids is 1. The van der Waals surface area contributed by atoms with Crippen molar-refractivity contribution in [2.45, 2.75) is 24.3 Å². The molecule has 0 radical (unpaired) electrons. The van der Waals surface area contributed by atoms with Gasteiger partial charge in [-0.3, -0.25) is 0 Å². The molecule has 7 nitrogen and oxygen atoms in total. The van der Waals surface area contributed by atoms with E-state index < -0.39 is 16.0 Å². The van der Waals surface area contributed by atoms with Crippen molar-refractivity contribution in [1.82, 2.24) is 14.0 Å². The van der Waals surface area contributed by atoms with E-state index in [2.05, 4.69) is 21.4 Å². The van der Waals surface area contributed by atoms with Crippen molar-refractivity contribution in [3.05, 3.63) is 46.5 Å². The molecular formula is C17H21N3O4S2. The highest BCUT2D eigenvalue weighted by molar-refractivity contribution is 7.89. The van der Waals surface area contributed by atoms with Gasteiger partial charge in [-0.25, -0.2) is 13.2 Å². The normalized spacial score (nSPS) is 18.6. The quantitative estimate of drug-likeness (QED) is 0.777. The van der Waals surface area contributed by atoms with Crippen LogP contribution in [0.3, 0.4) is 0 Å². The van der Waals surface area contributed by atoms with Gasteiger partial charge in [0.25, 0.3) is 0 Å². The Hall–Kier alpha value is -1.81. The number of piperazine rings is 1. The van der Waals surface area contributed by atoms with Crippen LogP contribution in [0.25, 0.3) is 0 Å². The molecule has 0 aliphatic carbocycles. The molecule has 26 heavy (non-hydrogen) atoms. The van der Waals surface area contributed by atoms with Gasteiger partial charge in [-0.15, -0.1) is 0 Å². The third-order valence-electron chi connectivity index (χ3n) is 4.47.